The highest BCUT2D eigenvalue weighted by atomic mass is 16.5. The molecule has 1 aliphatic heterocycles. The predicted octanol–water partition coefficient (Wildman–Crippen LogP) is 2.99. The molecular formula is C17H34N2O. The third kappa shape index (κ3) is 4.44. The van der Waals surface area contributed by atoms with Crippen LogP contribution in [0.1, 0.15) is 53.4 Å². The molecule has 1 aliphatic carbocycles. The van der Waals surface area contributed by atoms with Crippen molar-refractivity contribution in [3.05, 3.63) is 0 Å². The van der Waals surface area contributed by atoms with Gasteiger partial charge in [0.05, 0.1) is 12.2 Å². The molecule has 2 aliphatic rings. The van der Waals surface area contributed by atoms with Crippen LogP contribution in [0.15, 0.2) is 0 Å². The first-order valence-electron chi connectivity index (χ1n) is 8.55. The van der Waals surface area contributed by atoms with Gasteiger partial charge in [-0.1, -0.05) is 0 Å². The van der Waals surface area contributed by atoms with Crippen LogP contribution in [-0.4, -0.2) is 60.8 Å². The van der Waals surface area contributed by atoms with Gasteiger partial charge in [0.2, 0.25) is 0 Å². The first kappa shape index (κ1) is 16.3. The van der Waals surface area contributed by atoms with Gasteiger partial charge in [-0.3, -0.25) is 4.90 Å². The number of ether oxygens (including phenoxy) is 1. The molecule has 118 valence electrons. The second kappa shape index (κ2) is 7.24. The molecule has 2 fully saturated rings. The number of hydrogen-bond acceptors (Lipinski definition) is 3. The van der Waals surface area contributed by atoms with E-state index in [-0.39, 0.29) is 0 Å². The number of likely N-dealkylation sites (tertiary alicyclic amines) is 1. The van der Waals surface area contributed by atoms with E-state index >= 15 is 0 Å². The fraction of sp³-hybridized carbons (Fsp3) is 1.00. The Kier molecular flexibility index (Phi) is 5.88. The van der Waals surface area contributed by atoms with Crippen LogP contribution in [0.5, 0.6) is 0 Å². The van der Waals surface area contributed by atoms with Crippen molar-refractivity contribution in [2.45, 2.75) is 77.7 Å². The summed E-state index contributed by atoms with van der Waals surface area (Å²) in [7, 11) is 2.25. The minimum atomic E-state index is 0.377. The van der Waals surface area contributed by atoms with Gasteiger partial charge in [-0.2, -0.15) is 0 Å². The molecule has 0 unspecified atom stereocenters. The summed E-state index contributed by atoms with van der Waals surface area (Å²) in [5.41, 5.74) is 0. The van der Waals surface area contributed by atoms with E-state index in [1.165, 1.54) is 45.3 Å². The Labute approximate surface area is 125 Å². The topological polar surface area (TPSA) is 15.7 Å². The van der Waals surface area contributed by atoms with Gasteiger partial charge < -0.3 is 9.64 Å². The van der Waals surface area contributed by atoms with E-state index in [1.807, 2.05) is 0 Å². The molecule has 0 amide bonds. The third-order valence-electron chi connectivity index (χ3n) is 4.97. The molecule has 1 saturated carbocycles. The molecule has 0 atom stereocenters. The van der Waals surface area contributed by atoms with E-state index < -0.39 is 0 Å². The fourth-order valence-corrected chi connectivity index (χ4v) is 3.63. The summed E-state index contributed by atoms with van der Waals surface area (Å²) in [5, 5.41) is 0. The predicted molar refractivity (Wildman–Crippen MR) is 85.1 cm³/mol. The van der Waals surface area contributed by atoms with Gasteiger partial charge in [-0.15, -0.1) is 0 Å². The number of rotatable bonds is 6. The van der Waals surface area contributed by atoms with E-state index in [0.717, 1.165) is 12.0 Å². The normalized spacial score (nSPS) is 29.4. The van der Waals surface area contributed by atoms with Crippen LogP contribution in [-0.2, 0) is 4.74 Å². The van der Waals surface area contributed by atoms with E-state index in [0.29, 0.717) is 18.2 Å². The van der Waals surface area contributed by atoms with Crippen molar-refractivity contribution in [1.29, 1.82) is 0 Å². The van der Waals surface area contributed by atoms with Crippen molar-refractivity contribution in [3.8, 4) is 0 Å². The van der Waals surface area contributed by atoms with E-state index in [1.54, 1.807) is 0 Å². The summed E-state index contributed by atoms with van der Waals surface area (Å²) in [6.45, 7) is 12.8. The smallest absolute Gasteiger partial charge is 0.0608 e. The van der Waals surface area contributed by atoms with E-state index in [2.05, 4.69) is 44.5 Å². The molecular weight excluding hydrogens is 248 g/mol. The molecule has 0 aromatic heterocycles. The summed E-state index contributed by atoms with van der Waals surface area (Å²) >= 11 is 0. The number of nitrogens with zero attached hydrogens (tertiary/aromatic N) is 2. The molecule has 0 aromatic carbocycles. The maximum Gasteiger partial charge on any atom is 0.0608 e. The van der Waals surface area contributed by atoms with Gasteiger partial charge >= 0.3 is 0 Å². The highest BCUT2D eigenvalue weighted by molar-refractivity contribution is 4.91. The molecule has 20 heavy (non-hydrogen) atoms. The summed E-state index contributed by atoms with van der Waals surface area (Å²) in [6, 6.07) is 1.43. The van der Waals surface area contributed by atoms with Crippen LogP contribution in [0.4, 0.5) is 0 Å². The summed E-state index contributed by atoms with van der Waals surface area (Å²) in [4.78, 5) is 5.21. The van der Waals surface area contributed by atoms with Crippen LogP contribution in [0.25, 0.3) is 0 Å². The van der Waals surface area contributed by atoms with Crippen LogP contribution in [0.2, 0.25) is 0 Å². The van der Waals surface area contributed by atoms with Crippen molar-refractivity contribution in [2.75, 3.05) is 26.7 Å². The zero-order valence-electron chi connectivity index (χ0n) is 14.1. The van der Waals surface area contributed by atoms with Gasteiger partial charge in [0.1, 0.15) is 0 Å². The van der Waals surface area contributed by atoms with Gasteiger partial charge in [0, 0.05) is 18.6 Å². The Morgan fingerprint density at radius 2 is 1.70 bits per heavy atom. The zero-order chi connectivity index (χ0) is 14.7. The Balaban J connectivity index is 1.77. The van der Waals surface area contributed by atoms with Crippen molar-refractivity contribution in [3.63, 3.8) is 0 Å². The van der Waals surface area contributed by atoms with Gasteiger partial charge in [0.15, 0.2) is 0 Å². The second-order valence-electron chi connectivity index (χ2n) is 7.47. The standard InChI is InChI=1S/C17H34N2O/c1-13(2)19(12-15-6-8-18(5)9-7-15)16-10-17(11-16)20-14(3)4/h13-17H,6-12H2,1-5H3. The highest BCUT2D eigenvalue weighted by Gasteiger charge is 2.36. The first-order valence-corrected chi connectivity index (χ1v) is 8.55. The Morgan fingerprint density at radius 3 is 2.20 bits per heavy atom. The minimum absolute atomic E-state index is 0.377. The van der Waals surface area contributed by atoms with E-state index in [9.17, 15) is 0 Å². The van der Waals surface area contributed by atoms with Crippen molar-refractivity contribution in [1.82, 2.24) is 9.80 Å². The van der Waals surface area contributed by atoms with Crippen molar-refractivity contribution in [2.24, 2.45) is 5.92 Å². The SMILES string of the molecule is CC(C)OC1CC(N(CC2CCN(C)CC2)C(C)C)C1. The van der Waals surface area contributed by atoms with Gasteiger partial charge in [-0.05, 0) is 79.4 Å². The van der Waals surface area contributed by atoms with Crippen molar-refractivity contribution < 1.29 is 4.74 Å². The Hall–Kier alpha value is -0.120. The lowest BCUT2D eigenvalue weighted by molar-refractivity contribution is -0.0858. The fourth-order valence-electron chi connectivity index (χ4n) is 3.63. The molecule has 0 radical (unpaired) electrons. The summed E-state index contributed by atoms with van der Waals surface area (Å²) in [5.74, 6) is 0.902. The molecule has 1 saturated heterocycles. The zero-order valence-corrected chi connectivity index (χ0v) is 14.1. The molecule has 1 heterocycles. The van der Waals surface area contributed by atoms with Crippen LogP contribution in [0.3, 0.4) is 0 Å². The first-order chi connectivity index (χ1) is 9.45. The molecule has 0 bridgehead atoms. The number of piperidine rings is 1. The van der Waals surface area contributed by atoms with Crippen LogP contribution >= 0.6 is 0 Å². The molecule has 0 spiro atoms. The maximum atomic E-state index is 5.92. The Morgan fingerprint density at radius 1 is 1.10 bits per heavy atom. The maximum absolute atomic E-state index is 5.92. The summed E-state index contributed by atoms with van der Waals surface area (Å²) in [6.07, 6.45) is 6.11. The highest BCUT2D eigenvalue weighted by Crippen LogP contribution is 2.32. The summed E-state index contributed by atoms with van der Waals surface area (Å²) < 4.78 is 5.92. The molecule has 2 rings (SSSR count). The van der Waals surface area contributed by atoms with Gasteiger partial charge in [-0.25, -0.2) is 0 Å². The second-order valence-corrected chi connectivity index (χ2v) is 7.47. The van der Waals surface area contributed by atoms with Crippen LogP contribution in [0, 0.1) is 5.92 Å². The average Bonchev–Trinajstić information content (AvgIpc) is 2.32. The molecule has 3 heteroatoms. The third-order valence-corrected chi connectivity index (χ3v) is 4.97. The number of hydrogen-bond donors (Lipinski definition) is 0. The lowest BCUT2D eigenvalue weighted by atomic mass is 9.85. The van der Waals surface area contributed by atoms with Crippen LogP contribution < -0.4 is 0 Å². The average molecular weight is 282 g/mol. The monoisotopic (exact) mass is 282 g/mol. The molecule has 0 N–H and O–H groups in total. The van der Waals surface area contributed by atoms with E-state index in [4.69, 9.17) is 4.74 Å². The van der Waals surface area contributed by atoms with Crippen molar-refractivity contribution >= 4 is 0 Å². The Bertz CT molecular complexity index is 279. The molecule has 0 aromatic rings. The quantitative estimate of drug-likeness (QED) is 0.745. The molecule has 3 nitrogen and oxygen atoms in total. The minimum Gasteiger partial charge on any atom is -0.375 e. The van der Waals surface area contributed by atoms with Gasteiger partial charge in [0.25, 0.3) is 0 Å². The largest absolute Gasteiger partial charge is 0.375 e. The lowest BCUT2D eigenvalue weighted by Gasteiger charge is -2.47. The lowest BCUT2D eigenvalue weighted by Crippen LogP contribution is -2.53.